The molecular formula is C10H10N4O6. The molecule has 0 aliphatic rings. The SMILES string of the molecule is NNOC(=O)CCn1c(=O)oc2ccc([N+](=O)[O-])cc21. The summed E-state index contributed by atoms with van der Waals surface area (Å²) in [6.07, 6.45) is -0.151. The third kappa shape index (κ3) is 2.65. The molecule has 1 aromatic carbocycles. The summed E-state index contributed by atoms with van der Waals surface area (Å²) in [5, 5.41) is 10.7. The number of nitrogens with zero attached hydrogens (tertiary/aromatic N) is 2. The van der Waals surface area contributed by atoms with Crippen LogP contribution in [0.5, 0.6) is 0 Å². The van der Waals surface area contributed by atoms with Crippen molar-refractivity contribution in [2.45, 2.75) is 13.0 Å². The number of nitrogens with one attached hydrogen (secondary N) is 1. The second-order valence-electron chi connectivity index (χ2n) is 3.77. The Bertz CT molecular complexity index is 718. The molecule has 2 rings (SSSR count). The lowest BCUT2D eigenvalue weighted by Gasteiger charge is -2.02. The van der Waals surface area contributed by atoms with E-state index in [1.165, 1.54) is 18.2 Å². The lowest BCUT2D eigenvalue weighted by molar-refractivity contribution is -0.384. The van der Waals surface area contributed by atoms with Crippen molar-refractivity contribution in [2.75, 3.05) is 0 Å². The largest absolute Gasteiger partial charge is 0.419 e. The summed E-state index contributed by atoms with van der Waals surface area (Å²) < 4.78 is 6.03. The van der Waals surface area contributed by atoms with E-state index in [-0.39, 0.29) is 29.8 Å². The molecule has 0 spiro atoms. The third-order valence-corrected chi connectivity index (χ3v) is 2.57. The molecular weight excluding hydrogens is 272 g/mol. The quantitative estimate of drug-likeness (QED) is 0.436. The third-order valence-electron chi connectivity index (χ3n) is 2.57. The Morgan fingerprint density at radius 2 is 2.30 bits per heavy atom. The molecule has 20 heavy (non-hydrogen) atoms. The number of carbonyl (C=O) groups excluding carboxylic acids is 1. The van der Waals surface area contributed by atoms with Crippen LogP contribution in [-0.4, -0.2) is 15.5 Å². The van der Waals surface area contributed by atoms with E-state index in [0.29, 0.717) is 0 Å². The fourth-order valence-corrected chi connectivity index (χ4v) is 1.70. The van der Waals surface area contributed by atoms with Crippen LogP contribution in [0, 0.1) is 10.1 Å². The highest BCUT2D eigenvalue weighted by Gasteiger charge is 2.15. The molecule has 0 bridgehead atoms. The van der Waals surface area contributed by atoms with Crippen LogP contribution in [0.25, 0.3) is 11.1 Å². The smallest absolute Gasteiger partial charge is 0.408 e. The van der Waals surface area contributed by atoms with Crippen molar-refractivity contribution in [1.82, 2.24) is 10.2 Å². The number of non-ortho nitro benzene ring substituents is 1. The Morgan fingerprint density at radius 3 is 2.95 bits per heavy atom. The van der Waals surface area contributed by atoms with Crippen molar-refractivity contribution in [1.29, 1.82) is 0 Å². The highest BCUT2D eigenvalue weighted by atomic mass is 16.7. The van der Waals surface area contributed by atoms with Crippen LogP contribution in [0.15, 0.2) is 27.4 Å². The lowest BCUT2D eigenvalue weighted by Crippen LogP contribution is -2.27. The van der Waals surface area contributed by atoms with Crippen LogP contribution >= 0.6 is 0 Å². The van der Waals surface area contributed by atoms with E-state index < -0.39 is 16.6 Å². The van der Waals surface area contributed by atoms with Gasteiger partial charge in [0.25, 0.3) is 5.69 Å². The van der Waals surface area contributed by atoms with Crippen molar-refractivity contribution >= 4 is 22.8 Å². The van der Waals surface area contributed by atoms with Crippen LogP contribution in [0.1, 0.15) is 6.42 Å². The second-order valence-corrected chi connectivity index (χ2v) is 3.77. The first kappa shape index (κ1) is 13.7. The van der Waals surface area contributed by atoms with Gasteiger partial charge in [-0.2, -0.15) is 0 Å². The summed E-state index contributed by atoms with van der Waals surface area (Å²) >= 11 is 0. The van der Waals surface area contributed by atoms with E-state index in [1.807, 2.05) is 0 Å². The number of nitrogens with two attached hydrogens (primary N) is 1. The molecule has 1 aromatic heterocycles. The van der Waals surface area contributed by atoms with Gasteiger partial charge in [0.05, 0.1) is 16.9 Å². The predicted octanol–water partition coefficient (Wildman–Crippen LogP) is -0.186. The highest BCUT2D eigenvalue weighted by molar-refractivity contribution is 5.76. The number of rotatable bonds is 5. The van der Waals surface area contributed by atoms with Crippen molar-refractivity contribution in [3.05, 3.63) is 38.9 Å². The molecule has 0 aliphatic carbocycles. The first-order valence-corrected chi connectivity index (χ1v) is 5.46. The Balaban J connectivity index is 2.34. The standard InChI is InChI=1S/C10H10N4O6/c11-12-20-9(15)3-4-13-7-5-6(14(17)18)1-2-8(7)19-10(13)16/h1-2,5,12H,3-4,11H2. The van der Waals surface area contributed by atoms with Gasteiger partial charge in [-0.25, -0.2) is 10.6 Å². The molecule has 0 radical (unpaired) electrons. The second kappa shape index (κ2) is 5.50. The average molecular weight is 282 g/mol. The minimum absolute atomic E-state index is 0.0481. The maximum absolute atomic E-state index is 11.6. The van der Waals surface area contributed by atoms with Crippen LogP contribution in [0.4, 0.5) is 5.69 Å². The molecule has 0 aliphatic heterocycles. The Labute approximate surface area is 110 Å². The fourth-order valence-electron chi connectivity index (χ4n) is 1.70. The van der Waals surface area contributed by atoms with Gasteiger partial charge in [0.2, 0.25) is 0 Å². The molecule has 0 amide bonds. The Kier molecular flexibility index (Phi) is 3.77. The molecule has 106 valence electrons. The molecule has 3 N–H and O–H groups in total. The van der Waals surface area contributed by atoms with Gasteiger partial charge in [-0.3, -0.25) is 19.5 Å². The van der Waals surface area contributed by atoms with Gasteiger partial charge in [-0.05, 0) is 6.07 Å². The van der Waals surface area contributed by atoms with E-state index in [2.05, 4.69) is 4.84 Å². The number of carbonyl (C=O) groups is 1. The number of hydrogen-bond acceptors (Lipinski definition) is 8. The number of nitro benzene ring substituents is 1. The highest BCUT2D eigenvalue weighted by Crippen LogP contribution is 2.20. The molecule has 10 heteroatoms. The summed E-state index contributed by atoms with van der Waals surface area (Å²) in [6.45, 7) is -0.0481. The average Bonchev–Trinajstić information content (AvgIpc) is 2.71. The van der Waals surface area contributed by atoms with Gasteiger partial charge in [0, 0.05) is 18.7 Å². The zero-order valence-electron chi connectivity index (χ0n) is 10.1. The Morgan fingerprint density at radius 1 is 1.55 bits per heavy atom. The van der Waals surface area contributed by atoms with E-state index in [4.69, 9.17) is 10.3 Å². The number of aromatic nitrogens is 1. The molecule has 10 nitrogen and oxygen atoms in total. The summed E-state index contributed by atoms with van der Waals surface area (Å²) in [7, 11) is 0. The van der Waals surface area contributed by atoms with Crippen molar-refractivity contribution in [3.63, 3.8) is 0 Å². The van der Waals surface area contributed by atoms with Gasteiger partial charge in [-0.15, -0.1) is 0 Å². The van der Waals surface area contributed by atoms with Crippen LogP contribution < -0.4 is 17.2 Å². The lowest BCUT2D eigenvalue weighted by atomic mass is 10.3. The van der Waals surface area contributed by atoms with E-state index in [0.717, 1.165) is 4.57 Å². The zero-order valence-corrected chi connectivity index (χ0v) is 10.1. The van der Waals surface area contributed by atoms with Crippen LogP contribution in [-0.2, 0) is 16.2 Å². The van der Waals surface area contributed by atoms with Crippen LogP contribution in [0.3, 0.4) is 0 Å². The van der Waals surface area contributed by atoms with Crippen molar-refractivity contribution in [2.24, 2.45) is 5.84 Å². The zero-order chi connectivity index (χ0) is 14.7. The van der Waals surface area contributed by atoms with Gasteiger partial charge in [0.15, 0.2) is 5.58 Å². The molecule has 0 saturated carbocycles. The van der Waals surface area contributed by atoms with Gasteiger partial charge < -0.3 is 9.25 Å². The first-order valence-electron chi connectivity index (χ1n) is 5.46. The maximum atomic E-state index is 11.6. The molecule has 0 saturated heterocycles. The molecule has 1 heterocycles. The Hall–Kier alpha value is -2.72. The number of hydrazine groups is 1. The number of fused-ring (bicyclic) bond motifs is 1. The molecule has 0 fully saturated rings. The number of nitro groups is 1. The van der Waals surface area contributed by atoms with Crippen LogP contribution in [0.2, 0.25) is 0 Å². The number of hydrogen-bond donors (Lipinski definition) is 2. The van der Waals surface area contributed by atoms with E-state index in [9.17, 15) is 19.7 Å². The van der Waals surface area contributed by atoms with Crippen molar-refractivity contribution < 1.29 is 19.0 Å². The monoisotopic (exact) mass is 282 g/mol. The van der Waals surface area contributed by atoms with Crippen molar-refractivity contribution in [3.8, 4) is 0 Å². The summed E-state index contributed by atoms with van der Waals surface area (Å²) in [5.74, 6) is 3.40. The summed E-state index contributed by atoms with van der Waals surface area (Å²) in [4.78, 5) is 37.2. The normalized spacial score (nSPS) is 10.7. The fraction of sp³-hybridized carbons (Fsp3) is 0.200. The number of oxazole rings is 1. The molecule has 0 unspecified atom stereocenters. The first-order chi connectivity index (χ1) is 9.52. The minimum Gasteiger partial charge on any atom is -0.408 e. The number of benzene rings is 1. The summed E-state index contributed by atoms with van der Waals surface area (Å²) in [6, 6.07) is 3.75. The van der Waals surface area contributed by atoms with E-state index in [1.54, 1.807) is 5.59 Å². The van der Waals surface area contributed by atoms with Gasteiger partial charge >= 0.3 is 11.7 Å². The molecule has 0 atom stereocenters. The minimum atomic E-state index is -0.714. The molecule has 2 aromatic rings. The maximum Gasteiger partial charge on any atom is 0.419 e. The topological polar surface area (TPSA) is 143 Å². The van der Waals surface area contributed by atoms with Gasteiger partial charge in [-0.1, -0.05) is 5.59 Å². The van der Waals surface area contributed by atoms with E-state index >= 15 is 0 Å². The summed E-state index contributed by atoms with van der Waals surface area (Å²) in [5.41, 5.74) is 1.98. The van der Waals surface area contributed by atoms with Gasteiger partial charge in [0.1, 0.15) is 0 Å². The number of aryl methyl sites for hydroxylation is 1. The predicted molar refractivity (Wildman–Crippen MR) is 65.2 cm³/mol.